The molecule has 1 aliphatic rings. The lowest BCUT2D eigenvalue weighted by atomic mass is 10.0. The molecule has 3 heteroatoms. The minimum absolute atomic E-state index is 0.0651. The maximum Gasteiger partial charge on any atom is 0.226 e. The molecule has 0 saturated carbocycles. The highest BCUT2D eigenvalue weighted by Gasteiger charge is 2.36. The molecule has 0 aromatic heterocycles. The van der Waals surface area contributed by atoms with Gasteiger partial charge in [-0.15, -0.1) is 6.58 Å². The lowest BCUT2D eigenvalue weighted by Crippen LogP contribution is -2.42. The van der Waals surface area contributed by atoms with Gasteiger partial charge in [0.05, 0.1) is 6.04 Å². The van der Waals surface area contributed by atoms with Gasteiger partial charge in [0, 0.05) is 12.5 Å². The van der Waals surface area contributed by atoms with Crippen molar-refractivity contribution in [1.29, 1.82) is 0 Å². The maximum atomic E-state index is 12.1. The Balaban J connectivity index is 2.73. The van der Waals surface area contributed by atoms with Crippen LogP contribution in [0.25, 0.3) is 0 Å². The fraction of sp³-hybridized carbons (Fsp3) is 0.692. The number of amides is 1. The van der Waals surface area contributed by atoms with Crippen molar-refractivity contribution in [2.24, 2.45) is 11.8 Å². The van der Waals surface area contributed by atoms with Gasteiger partial charge in [-0.25, -0.2) is 0 Å². The zero-order valence-electron chi connectivity index (χ0n) is 10.4. The molecule has 1 saturated heterocycles. The number of rotatable bonds is 4. The summed E-state index contributed by atoms with van der Waals surface area (Å²) in [5.41, 5.74) is 0. The SMILES string of the molecule is C=CC[C@H](C)C(=O)N1C[C@@H](C)C[C@H]1C(C)=O. The van der Waals surface area contributed by atoms with Gasteiger partial charge >= 0.3 is 0 Å². The predicted octanol–water partition coefficient (Wildman–Crippen LogP) is 2.02. The summed E-state index contributed by atoms with van der Waals surface area (Å²) in [6.07, 6.45) is 3.24. The molecule has 0 aromatic carbocycles. The summed E-state index contributed by atoms with van der Waals surface area (Å²) in [6, 6.07) is -0.199. The average molecular weight is 223 g/mol. The van der Waals surface area contributed by atoms with Crippen molar-refractivity contribution in [1.82, 2.24) is 4.90 Å². The standard InChI is InChI=1S/C13H21NO2/c1-5-6-10(3)13(16)14-8-9(2)7-12(14)11(4)15/h5,9-10,12H,1,6-8H2,2-4H3/t9-,10-,12-/m0/s1. The van der Waals surface area contributed by atoms with Crippen molar-refractivity contribution in [2.45, 2.75) is 39.7 Å². The van der Waals surface area contributed by atoms with Crippen LogP contribution in [-0.4, -0.2) is 29.2 Å². The van der Waals surface area contributed by atoms with Crippen LogP contribution < -0.4 is 0 Å². The summed E-state index contributed by atoms with van der Waals surface area (Å²) >= 11 is 0. The van der Waals surface area contributed by atoms with E-state index >= 15 is 0 Å². The first-order valence-electron chi connectivity index (χ1n) is 5.89. The summed E-state index contributed by atoms with van der Waals surface area (Å²) in [5, 5.41) is 0. The van der Waals surface area contributed by atoms with Gasteiger partial charge in [0.1, 0.15) is 0 Å². The van der Waals surface area contributed by atoms with E-state index in [9.17, 15) is 9.59 Å². The van der Waals surface area contributed by atoms with Gasteiger partial charge in [0.2, 0.25) is 5.91 Å². The van der Waals surface area contributed by atoms with Crippen molar-refractivity contribution in [3.8, 4) is 0 Å². The average Bonchev–Trinajstić information content (AvgIpc) is 2.59. The van der Waals surface area contributed by atoms with E-state index in [1.807, 2.05) is 6.92 Å². The first-order chi connectivity index (χ1) is 7.47. The monoisotopic (exact) mass is 223 g/mol. The molecule has 0 unspecified atom stereocenters. The number of nitrogens with zero attached hydrogens (tertiary/aromatic N) is 1. The number of allylic oxidation sites excluding steroid dienone is 1. The molecule has 1 heterocycles. The van der Waals surface area contributed by atoms with Gasteiger partial charge in [0.25, 0.3) is 0 Å². The molecule has 1 amide bonds. The van der Waals surface area contributed by atoms with Crippen molar-refractivity contribution < 1.29 is 9.59 Å². The molecule has 3 nitrogen and oxygen atoms in total. The fourth-order valence-electron chi connectivity index (χ4n) is 2.31. The van der Waals surface area contributed by atoms with E-state index in [2.05, 4.69) is 13.5 Å². The maximum absolute atomic E-state index is 12.1. The van der Waals surface area contributed by atoms with E-state index < -0.39 is 0 Å². The zero-order chi connectivity index (χ0) is 12.3. The Morgan fingerprint density at radius 2 is 2.19 bits per heavy atom. The normalized spacial score (nSPS) is 26.6. The molecule has 1 rings (SSSR count). The second-order valence-corrected chi connectivity index (χ2v) is 4.88. The van der Waals surface area contributed by atoms with Gasteiger partial charge in [0.15, 0.2) is 5.78 Å². The Bertz CT molecular complexity index is 298. The molecule has 0 N–H and O–H groups in total. The molecule has 0 radical (unpaired) electrons. The van der Waals surface area contributed by atoms with Crippen LogP contribution in [0.2, 0.25) is 0 Å². The molecule has 0 spiro atoms. The zero-order valence-corrected chi connectivity index (χ0v) is 10.4. The Labute approximate surface area is 97.5 Å². The third-order valence-corrected chi connectivity index (χ3v) is 3.20. The second-order valence-electron chi connectivity index (χ2n) is 4.88. The Morgan fingerprint density at radius 3 is 2.69 bits per heavy atom. The third kappa shape index (κ3) is 2.71. The van der Waals surface area contributed by atoms with Crippen LogP contribution in [0.1, 0.15) is 33.6 Å². The Kier molecular flexibility index (Phi) is 4.27. The predicted molar refractivity (Wildman–Crippen MR) is 63.9 cm³/mol. The molecule has 16 heavy (non-hydrogen) atoms. The van der Waals surface area contributed by atoms with Crippen molar-refractivity contribution in [3.63, 3.8) is 0 Å². The molecule has 0 bridgehead atoms. The summed E-state index contributed by atoms with van der Waals surface area (Å²) in [7, 11) is 0. The number of carbonyl (C=O) groups excluding carboxylic acids is 2. The lowest BCUT2D eigenvalue weighted by molar-refractivity contribution is -0.139. The van der Waals surface area contributed by atoms with Gasteiger partial charge in [-0.05, 0) is 25.7 Å². The van der Waals surface area contributed by atoms with Gasteiger partial charge in [-0.2, -0.15) is 0 Å². The van der Waals surface area contributed by atoms with Gasteiger partial charge in [-0.1, -0.05) is 19.9 Å². The lowest BCUT2D eigenvalue weighted by Gasteiger charge is -2.25. The molecule has 1 fully saturated rings. The molecule has 1 aliphatic heterocycles. The molecule has 0 aromatic rings. The summed E-state index contributed by atoms with van der Waals surface area (Å²) in [4.78, 5) is 25.3. The largest absolute Gasteiger partial charge is 0.332 e. The number of carbonyl (C=O) groups is 2. The van der Waals surface area contributed by atoms with Crippen LogP contribution in [0.15, 0.2) is 12.7 Å². The molecule has 3 atom stereocenters. The number of hydrogen-bond donors (Lipinski definition) is 0. The van der Waals surface area contributed by atoms with Gasteiger partial charge in [-0.3, -0.25) is 9.59 Å². The van der Waals surface area contributed by atoms with E-state index in [4.69, 9.17) is 0 Å². The quantitative estimate of drug-likeness (QED) is 0.684. The summed E-state index contributed by atoms with van der Waals surface area (Å²) in [5.74, 6) is 0.548. The van der Waals surface area contributed by atoms with Crippen molar-refractivity contribution in [2.75, 3.05) is 6.54 Å². The van der Waals surface area contributed by atoms with Crippen LogP contribution in [0.3, 0.4) is 0 Å². The van der Waals surface area contributed by atoms with E-state index in [1.54, 1.807) is 17.9 Å². The van der Waals surface area contributed by atoms with Crippen LogP contribution in [0.4, 0.5) is 0 Å². The molecular weight excluding hydrogens is 202 g/mol. The van der Waals surface area contributed by atoms with Crippen LogP contribution in [0.5, 0.6) is 0 Å². The summed E-state index contributed by atoms with van der Waals surface area (Å²) < 4.78 is 0. The second kappa shape index (κ2) is 5.28. The van der Waals surface area contributed by atoms with Crippen LogP contribution in [0, 0.1) is 11.8 Å². The number of ketones is 1. The van der Waals surface area contributed by atoms with Crippen molar-refractivity contribution >= 4 is 11.7 Å². The molecule has 90 valence electrons. The number of Topliss-reactive ketones (excluding diaryl/α,β-unsaturated/α-hetero) is 1. The number of hydrogen-bond acceptors (Lipinski definition) is 2. The van der Waals surface area contributed by atoms with Crippen LogP contribution in [-0.2, 0) is 9.59 Å². The molecule has 0 aliphatic carbocycles. The Morgan fingerprint density at radius 1 is 1.56 bits per heavy atom. The minimum Gasteiger partial charge on any atom is -0.332 e. The van der Waals surface area contributed by atoms with E-state index in [0.29, 0.717) is 18.9 Å². The molecular formula is C13H21NO2. The highest BCUT2D eigenvalue weighted by atomic mass is 16.2. The smallest absolute Gasteiger partial charge is 0.226 e. The van der Waals surface area contributed by atoms with E-state index in [1.165, 1.54) is 0 Å². The first kappa shape index (κ1) is 12.9. The van der Waals surface area contributed by atoms with E-state index in [0.717, 1.165) is 6.42 Å². The summed E-state index contributed by atoms with van der Waals surface area (Å²) in [6.45, 7) is 9.90. The van der Waals surface area contributed by atoms with Gasteiger partial charge < -0.3 is 4.90 Å². The third-order valence-electron chi connectivity index (χ3n) is 3.20. The number of likely N-dealkylation sites (tertiary alicyclic amines) is 1. The first-order valence-corrected chi connectivity index (χ1v) is 5.89. The highest BCUT2D eigenvalue weighted by Crippen LogP contribution is 2.25. The van der Waals surface area contributed by atoms with Crippen LogP contribution >= 0.6 is 0 Å². The topological polar surface area (TPSA) is 37.4 Å². The fourth-order valence-corrected chi connectivity index (χ4v) is 2.31. The Hall–Kier alpha value is -1.12. The highest BCUT2D eigenvalue weighted by molar-refractivity contribution is 5.89. The van der Waals surface area contributed by atoms with E-state index in [-0.39, 0.29) is 23.7 Å². The van der Waals surface area contributed by atoms with Crippen molar-refractivity contribution in [3.05, 3.63) is 12.7 Å². The minimum atomic E-state index is -0.199.